The van der Waals surface area contributed by atoms with Crippen molar-refractivity contribution >= 4 is 34.6 Å². The molecule has 8 heteroatoms. The van der Waals surface area contributed by atoms with E-state index in [1.807, 2.05) is 30.5 Å². The third-order valence-electron chi connectivity index (χ3n) is 3.89. The molecule has 0 fully saturated rings. The van der Waals surface area contributed by atoms with Crippen LogP contribution in [0, 0.1) is 0 Å². The first kappa shape index (κ1) is 20.0. The molecule has 0 amide bonds. The van der Waals surface area contributed by atoms with E-state index in [0.29, 0.717) is 28.8 Å². The average molecular weight is 419 g/mol. The van der Waals surface area contributed by atoms with Crippen molar-refractivity contribution in [2.24, 2.45) is 0 Å². The molecule has 2 aromatic carbocycles. The van der Waals surface area contributed by atoms with E-state index in [0.717, 1.165) is 10.6 Å². The number of nitrogen functional groups attached to an aromatic ring is 1. The summed E-state index contributed by atoms with van der Waals surface area (Å²) in [6.07, 6.45) is 0. The third kappa shape index (κ3) is 4.37. The first-order valence-corrected chi connectivity index (χ1v) is 9.76. The van der Waals surface area contributed by atoms with Crippen molar-refractivity contribution in [1.82, 2.24) is 4.98 Å². The van der Waals surface area contributed by atoms with Crippen LogP contribution in [0.15, 0.2) is 41.8 Å². The number of hydrogen-bond donors (Lipinski definition) is 1. The molecule has 0 aliphatic carbocycles. The minimum Gasteiger partial charge on any atom is -0.493 e. The van der Waals surface area contributed by atoms with Crippen molar-refractivity contribution in [3.63, 3.8) is 0 Å². The summed E-state index contributed by atoms with van der Waals surface area (Å²) in [5, 5.41) is 2.94. The number of carbonyl (C=O) groups is 1. The van der Waals surface area contributed by atoms with E-state index in [2.05, 4.69) is 4.98 Å². The van der Waals surface area contributed by atoms with Gasteiger partial charge in [0.05, 0.1) is 35.7 Å². The predicted molar refractivity (Wildman–Crippen MR) is 110 cm³/mol. The first-order chi connectivity index (χ1) is 13.5. The Hall–Kier alpha value is -2.77. The van der Waals surface area contributed by atoms with Gasteiger partial charge in [0.15, 0.2) is 11.5 Å². The molecule has 2 N–H and O–H groups in total. The monoisotopic (exact) mass is 418 g/mol. The molecule has 6 nitrogen and oxygen atoms in total. The molecular weight excluding hydrogens is 400 g/mol. The number of carbonyl (C=O) groups excluding carboxylic acids is 1. The molecule has 0 spiro atoms. The van der Waals surface area contributed by atoms with Crippen LogP contribution in [0.1, 0.15) is 23.0 Å². The van der Waals surface area contributed by atoms with Crippen molar-refractivity contribution in [3.8, 4) is 22.1 Å². The fourth-order valence-corrected chi connectivity index (χ4v) is 3.49. The van der Waals surface area contributed by atoms with E-state index in [9.17, 15) is 4.79 Å². The number of rotatable bonds is 7. The molecule has 0 saturated carbocycles. The quantitative estimate of drug-likeness (QED) is 0.438. The molecule has 1 aromatic heterocycles. The number of methoxy groups -OCH3 is 1. The molecule has 0 radical (unpaired) electrons. The maximum atomic E-state index is 12.2. The Kier molecular flexibility index (Phi) is 6.38. The molecule has 0 saturated heterocycles. The van der Waals surface area contributed by atoms with Gasteiger partial charge in [-0.3, -0.25) is 0 Å². The van der Waals surface area contributed by atoms with E-state index in [4.69, 9.17) is 31.5 Å². The Morgan fingerprint density at radius 2 is 2.07 bits per heavy atom. The van der Waals surface area contributed by atoms with Gasteiger partial charge in [0, 0.05) is 10.9 Å². The molecule has 0 unspecified atom stereocenters. The number of thiazole rings is 1. The predicted octanol–water partition coefficient (Wildman–Crippen LogP) is 4.81. The molecule has 146 valence electrons. The van der Waals surface area contributed by atoms with Gasteiger partial charge in [-0.15, -0.1) is 11.3 Å². The highest BCUT2D eigenvalue weighted by atomic mass is 35.5. The zero-order valence-electron chi connectivity index (χ0n) is 15.4. The van der Waals surface area contributed by atoms with Crippen molar-refractivity contribution in [3.05, 3.63) is 58.1 Å². The summed E-state index contributed by atoms with van der Waals surface area (Å²) < 4.78 is 16.2. The van der Waals surface area contributed by atoms with Crippen LogP contribution in [0.3, 0.4) is 0 Å². The molecule has 3 rings (SSSR count). The normalized spacial score (nSPS) is 10.5. The Bertz CT molecular complexity index is 990. The van der Waals surface area contributed by atoms with Crippen LogP contribution in [0.25, 0.3) is 10.6 Å². The molecule has 0 aliphatic heterocycles. The zero-order chi connectivity index (χ0) is 20.1. The lowest BCUT2D eigenvalue weighted by Crippen LogP contribution is -2.08. The lowest BCUT2D eigenvalue weighted by atomic mass is 10.2. The number of nitrogens with zero attached hydrogens (tertiary/aromatic N) is 1. The second-order valence-electron chi connectivity index (χ2n) is 5.72. The fraction of sp³-hybridized carbons (Fsp3) is 0.200. The SMILES string of the molecule is CCOc1ccc(-c2nc(COC(=O)c3cccc(Cl)c3N)cs2)cc1OC. The van der Waals surface area contributed by atoms with Crippen molar-refractivity contribution in [1.29, 1.82) is 0 Å². The van der Waals surface area contributed by atoms with Crippen LogP contribution in [0.2, 0.25) is 5.02 Å². The minimum atomic E-state index is -0.544. The van der Waals surface area contributed by atoms with Crippen LogP contribution in [0.5, 0.6) is 11.5 Å². The molecule has 1 heterocycles. The van der Waals surface area contributed by atoms with Crippen molar-refractivity contribution < 1.29 is 19.0 Å². The Labute approximate surface area is 171 Å². The van der Waals surface area contributed by atoms with Gasteiger partial charge in [-0.25, -0.2) is 9.78 Å². The van der Waals surface area contributed by atoms with Gasteiger partial charge in [0.1, 0.15) is 11.6 Å². The van der Waals surface area contributed by atoms with Gasteiger partial charge < -0.3 is 19.9 Å². The van der Waals surface area contributed by atoms with Crippen LogP contribution in [-0.2, 0) is 11.3 Å². The summed E-state index contributed by atoms with van der Waals surface area (Å²) in [4.78, 5) is 16.8. The maximum absolute atomic E-state index is 12.2. The van der Waals surface area contributed by atoms with E-state index in [1.165, 1.54) is 11.3 Å². The second kappa shape index (κ2) is 8.95. The third-order valence-corrected chi connectivity index (χ3v) is 5.16. The van der Waals surface area contributed by atoms with Crippen molar-refractivity contribution in [2.75, 3.05) is 19.5 Å². The highest BCUT2D eigenvalue weighted by Gasteiger charge is 2.15. The standard InChI is InChI=1S/C20H19ClN2O4S/c1-3-26-16-8-7-12(9-17(16)25-2)19-23-13(11-28-19)10-27-20(24)14-5-4-6-15(21)18(14)22/h4-9,11H,3,10,22H2,1-2H3. The zero-order valence-corrected chi connectivity index (χ0v) is 17.0. The number of benzene rings is 2. The van der Waals surface area contributed by atoms with Gasteiger partial charge in [0.25, 0.3) is 0 Å². The lowest BCUT2D eigenvalue weighted by molar-refractivity contribution is 0.0470. The summed E-state index contributed by atoms with van der Waals surface area (Å²) in [6.45, 7) is 2.51. The number of halogens is 1. The molecule has 0 bridgehead atoms. The highest BCUT2D eigenvalue weighted by Crippen LogP contribution is 2.34. The van der Waals surface area contributed by atoms with E-state index in [-0.39, 0.29) is 17.9 Å². The van der Waals surface area contributed by atoms with E-state index in [1.54, 1.807) is 25.3 Å². The van der Waals surface area contributed by atoms with E-state index >= 15 is 0 Å². The molecule has 0 atom stereocenters. The average Bonchev–Trinajstić information content (AvgIpc) is 3.18. The van der Waals surface area contributed by atoms with Crippen LogP contribution < -0.4 is 15.2 Å². The van der Waals surface area contributed by atoms with Crippen LogP contribution in [0.4, 0.5) is 5.69 Å². The smallest absolute Gasteiger partial charge is 0.340 e. The number of para-hydroxylation sites is 1. The Balaban J connectivity index is 1.71. The van der Waals surface area contributed by atoms with Crippen LogP contribution in [-0.4, -0.2) is 24.7 Å². The maximum Gasteiger partial charge on any atom is 0.340 e. The molecule has 28 heavy (non-hydrogen) atoms. The van der Waals surface area contributed by atoms with Gasteiger partial charge in [-0.2, -0.15) is 0 Å². The van der Waals surface area contributed by atoms with Gasteiger partial charge in [-0.05, 0) is 37.3 Å². The minimum absolute atomic E-state index is 0.0372. The Morgan fingerprint density at radius 3 is 2.82 bits per heavy atom. The second-order valence-corrected chi connectivity index (χ2v) is 6.99. The summed E-state index contributed by atoms with van der Waals surface area (Å²) in [6, 6.07) is 10.5. The fourth-order valence-electron chi connectivity index (χ4n) is 2.51. The van der Waals surface area contributed by atoms with E-state index < -0.39 is 5.97 Å². The first-order valence-electron chi connectivity index (χ1n) is 8.50. The summed E-state index contributed by atoms with van der Waals surface area (Å²) in [5.41, 5.74) is 7.80. The topological polar surface area (TPSA) is 83.7 Å². The summed E-state index contributed by atoms with van der Waals surface area (Å²) >= 11 is 7.39. The highest BCUT2D eigenvalue weighted by molar-refractivity contribution is 7.13. The Morgan fingerprint density at radius 1 is 1.25 bits per heavy atom. The summed E-state index contributed by atoms with van der Waals surface area (Å²) in [7, 11) is 1.59. The lowest BCUT2D eigenvalue weighted by Gasteiger charge is -2.10. The number of anilines is 1. The number of aromatic nitrogens is 1. The largest absolute Gasteiger partial charge is 0.493 e. The molecule has 3 aromatic rings. The van der Waals surface area contributed by atoms with Crippen LogP contribution >= 0.6 is 22.9 Å². The summed E-state index contributed by atoms with van der Waals surface area (Å²) in [5.74, 6) is 0.773. The molecule has 0 aliphatic rings. The number of nitrogens with two attached hydrogens (primary N) is 1. The number of ether oxygens (including phenoxy) is 3. The number of hydrogen-bond acceptors (Lipinski definition) is 7. The number of esters is 1. The van der Waals surface area contributed by atoms with Crippen molar-refractivity contribution in [2.45, 2.75) is 13.5 Å². The van der Waals surface area contributed by atoms with Gasteiger partial charge >= 0.3 is 5.97 Å². The van der Waals surface area contributed by atoms with Gasteiger partial charge in [-0.1, -0.05) is 17.7 Å². The molecular formula is C20H19ClN2O4S. The van der Waals surface area contributed by atoms with Gasteiger partial charge in [0.2, 0.25) is 0 Å².